The summed E-state index contributed by atoms with van der Waals surface area (Å²) in [5.74, 6) is -0.284. The van der Waals surface area contributed by atoms with E-state index in [1.54, 1.807) is 6.07 Å². The van der Waals surface area contributed by atoms with E-state index in [9.17, 15) is 4.79 Å². The second-order valence-electron chi connectivity index (χ2n) is 5.78. The second-order valence-corrected chi connectivity index (χ2v) is 5.78. The number of anilines is 2. The Morgan fingerprint density at radius 1 is 1.38 bits per heavy atom. The molecule has 0 amide bonds. The van der Waals surface area contributed by atoms with Crippen molar-refractivity contribution < 1.29 is 9.53 Å². The number of carbonyl (C=O) groups is 1. The molecule has 0 bridgehead atoms. The third kappa shape index (κ3) is 2.83. The van der Waals surface area contributed by atoms with Gasteiger partial charge in [-0.15, -0.1) is 0 Å². The molecule has 2 fully saturated rings. The summed E-state index contributed by atoms with van der Waals surface area (Å²) >= 11 is 0. The molecular weight excluding hydrogens is 266 g/mol. The highest BCUT2D eigenvalue weighted by Crippen LogP contribution is 2.29. The van der Waals surface area contributed by atoms with Crippen molar-refractivity contribution in [2.45, 2.75) is 25.8 Å². The van der Waals surface area contributed by atoms with E-state index < -0.39 is 0 Å². The molecule has 114 valence electrons. The number of nitrogens with two attached hydrogens (primary N) is 1. The lowest BCUT2D eigenvalue weighted by atomic mass is 10.1. The summed E-state index contributed by atoms with van der Waals surface area (Å²) < 4.78 is 5.17. The van der Waals surface area contributed by atoms with Crippen molar-refractivity contribution in [3.8, 4) is 0 Å². The third-order valence-corrected chi connectivity index (χ3v) is 4.44. The van der Waals surface area contributed by atoms with Gasteiger partial charge in [0.2, 0.25) is 0 Å². The summed E-state index contributed by atoms with van der Waals surface area (Å²) in [6.07, 6.45) is 2.53. The molecule has 2 N–H and O–H groups in total. The molecule has 2 aliphatic heterocycles. The molecule has 0 aliphatic carbocycles. The normalized spacial score (nSPS) is 22.1. The smallest absolute Gasteiger partial charge is 0.340 e. The molecule has 2 saturated heterocycles. The average molecular weight is 289 g/mol. The highest BCUT2D eigenvalue weighted by atomic mass is 16.5. The van der Waals surface area contributed by atoms with E-state index >= 15 is 0 Å². The molecule has 5 nitrogen and oxygen atoms in total. The van der Waals surface area contributed by atoms with Crippen LogP contribution in [0.5, 0.6) is 0 Å². The molecule has 1 aromatic rings. The summed E-state index contributed by atoms with van der Waals surface area (Å²) in [4.78, 5) is 17.0. The summed E-state index contributed by atoms with van der Waals surface area (Å²) in [5.41, 5.74) is 7.98. The van der Waals surface area contributed by atoms with E-state index in [2.05, 4.69) is 9.80 Å². The van der Waals surface area contributed by atoms with Crippen LogP contribution in [0.4, 0.5) is 11.4 Å². The predicted molar refractivity (Wildman–Crippen MR) is 83.6 cm³/mol. The monoisotopic (exact) mass is 289 g/mol. The van der Waals surface area contributed by atoms with Crippen LogP contribution in [0.3, 0.4) is 0 Å². The van der Waals surface area contributed by atoms with Gasteiger partial charge in [-0.2, -0.15) is 0 Å². The summed E-state index contributed by atoms with van der Waals surface area (Å²) in [5, 5.41) is 0. The Kier molecular flexibility index (Phi) is 4.01. The fourth-order valence-electron chi connectivity index (χ4n) is 3.41. The maximum Gasteiger partial charge on any atom is 0.340 e. The van der Waals surface area contributed by atoms with E-state index in [0.29, 0.717) is 23.9 Å². The van der Waals surface area contributed by atoms with Gasteiger partial charge in [-0.25, -0.2) is 4.79 Å². The van der Waals surface area contributed by atoms with E-state index in [-0.39, 0.29) is 5.97 Å². The van der Waals surface area contributed by atoms with E-state index in [1.807, 2.05) is 19.1 Å². The number of piperazine rings is 1. The molecule has 2 heterocycles. The second kappa shape index (κ2) is 5.93. The number of carbonyl (C=O) groups excluding carboxylic acids is 1. The highest BCUT2D eigenvalue weighted by molar-refractivity contribution is 5.97. The van der Waals surface area contributed by atoms with Crippen LogP contribution in [0.2, 0.25) is 0 Å². The van der Waals surface area contributed by atoms with Crippen LogP contribution in [0.25, 0.3) is 0 Å². The Labute approximate surface area is 125 Å². The zero-order valence-electron chi connectivity index (χ0n) is 12.5. The van der Waals surface area contributed by atoms with Crippen molar-refractivity contribution in [1.29, 1.82) is 0 Å². The first-order chi connectivity index (χ1) is 10.2. The van der Waals surface area contributed by atoms with Gasteiger partial charge in [0, 0.05) is 31.4 Å². The maximum absolute atomic E-state index is 12.2. The van der Waals surface area contributed by atoms with Crippen molar-refractivity contribution in [3.05, 3.63) is 23.8 Å². The Bertz CT molecular complexity index is 532. The number of fused-ring (bicyclic) bond motifs is 1. The summed E-state index contributed by atoms with van der Waals surface area (Å²) in [6, 6.07) is 6.16. The number of rotatable bonds is 3. The minimum atomic E-state index is -0.284. The SMILES string of the molecule is CCOC(=O)c1cc(N)ccc1N1CCN2CCCC2C1. The van der Waals surface area contributed by atoms with Gasteiger partial charge in [-0.3, -0.25) is 4.90 Å². The van der Waals surface area contributed by atoms with Crippen LogP contribution in [0, 0.1) is 0 Å². The Hall–Kier alpha value is -1.75. The molecule has 0 spiro atoms. The Morgan fingerprint density at radius 3 is 3.05 bits per heavy atom. The minimum Gasteiger partial charge on any atom is -0.462 e. The lowest BCUT2D eigenvalue weighted by Crippen LogP contribution is -2.50. The molecule has 0 aromatic heterocycles. The van der Waals surface area contributed by atoms with E-state index in [4.69, 9.17) is 10.5 Å². The lowest BCUT2D eigenvalue weighted by Gasteiger charge is -2.39. The fraction of sp³-hybridized carbons (Fsp3) is 0.562. The largest absolute Gasteiger partial charge is 0.462 e. The van der Waals surface area contributed by atoms with Gasteiger partial charge in [-0.05, 0) is 44.5 Å². The van der Waals surface area contributed by atoms with Crippen molar-refractivity contribution in [2.75, 3.05) is 43.4 Å². The van der Waals surface area contributed by atoms with Crippen LogP contribution in [0.15, 0.2) is 18.2 Å². The molecule has 0 radical (unpaired) electrons. The quantitative estimate of drug-likeness (QED) is 0.678. The van der Waals surface area contributed by atoms with Gasteiger partial charge in [0.05, 0.1) is 17.9 Å². The Morgan fingerprint density at radius 2 is 2.24 bits per heavy atom. The van der Waals surface area contributed by atoms with Crippen LogP contribution in [-0.4, -0.2) is 49.7 Å². The van der Waals surface area contributed by atoms with Crippen LogP contribution in [-0.2, 0) is 4.74 Å². The van der Waals surface area contributed by atoms with Gasteiger partial charge in [0.15, 0.2) is 0 Å². The number of hydrogen-bond acceptors (Lipinski definition) is 5. The number of ether oxygens (including phenoxy) is 1. The molecule has 1 aromatic carbocycles. The number of esters is 1. The van der Waals surface area contributed by atoms with Crippen LogP contribution in [0.1, 0.15) is 30.1 Å². The average Bonchev–Trinajstić information content (AvgIpc) is 2.94. The van der Waals surface area contributed by atoms with Crippen molar-refractivity contribution in [2.24, 2.45) is 0 Å². The van der Waals surface area contributed by atoms with Gasteiger partial charge in [0.25, 0.3) is 0 Å². The van der Waals surface area contributed by atoms with Crippen molar-refractivity contribution in [1.82, 2.24) is 4.90 Å². The van der Waals surface area contributed by atoms with Gasteiger partial charge < -0.3 is 15.4 Å². The Balaban J connectivity index is 1.85. The number of hydrogen-bond donors (Lipinski definition) is 1. The number of nitrogens with zero attached hydrogens (tertiary/aromatic N) is 2. The zero-order valence-corrected chi connectivity index (χ0v) is 12.5. The topological polar surface area (TPSA) is 58.8 Å². The first-order valence-corrected chi connectivity index (χ1v) is 7.74. The third-order valence-electron chi connectivity index (χ3n) is 4.44. The molecule has 1 atom stereocenters. The number of benzene rings is 1. The molecule has 2 aliphatic rings. The zero-order chi connectivity index (χ0) is 14.8. The summed E-state index contributed by atoms with van der Waals surface area (Å²) in [6.45, 7) is 6.41. The molecule has 0 saturated carbocycles. The standard InChI is InChI=1S/C16H23N3O2/c1-2-21-16(20)14-10-12(17)5-6-15(14)19-9-8-18-7-3-4-13(18)11-19/h5-6,10,13H,2-4,7-9,11,17H2,1H3. The minimum absolute atomic E-state index is 0.284. The van der Waals surface area contributed by atoms with Gasteiger partial charge >= 0.3 is 5.97 Å². The molecule has 21 heavy (non-hydrogen) atoms. The molecular formula is C16H23N3O2. The van der Waals surface area contributed by atoms with Gasteiger partial charge in [-0.1, -0.05) is 0 Å². The predicted octanol–water partition coefficient (Wildman–Crippen LogP) is 1.73. The molecule has 1 unspecified atom stereocenters. The van der Waals surface area contributed by atoms with Crippen LogP contribution >= 0.6 is 0 Å². The summed E-state index contributed by atoms with van der Waals surface area (Å²) in [7, 11) is 0. The van der Waals surface area contributed by atoms with E-state index in [1.165, 1.54) is 19.4 Å². The molecule has 5 heteroatoms. The van der Waals surface area contributed by atoms with E-state index in [0.717, 1.165) is 25.3 Å². The fourth-order valence-corrected chi connectivity index (χ4v) is 3.41. The maximum atomic E-state index is 12.2. The lowest BCUT2D eigenvalue weighted by molar-refractivity contribution is 0.0527. The molecule has 3 rings (SSSR count). The highest BCUT2D eigenvalue weighted by Gasteiger charge is 2.32. The van der Waals surface area contributed by atoms with Crippen molar-refractivity contribution >= 4 is 17.3 Å². The van der Waals surface area contributed by atoms with Gasteiger partial charge in [0.1, 0.15) is 0 Å². The first-order valence-electron chi connectivity index (χ1n) is 7.74. The number of nitrogen functional groups attached to an aromatic ring is 1. The first kappa shape index (κ1) is 14.2. The van der Waals surface area contributed by atoms with Crippen molar-refractivity contribution in [3.63, 3.8) is 0 Å². The van der Waals surface area contributed by atoms with Crippen LogP contribution < -0.4 is 10.6 Å².